The highest BCUT2D eigenvalue weighted by molar-refractivity contribution is 6.06. The van der Waals surface area contributed by atoms with Crippen molar-refractivity contribution >= 4 is 17.6 Å². The predicted octanol–water partition coefficient (Wildman–Crippen LogP) is 4.05. The quantitative estimate of drug-likeness (QED) is 0.681. The van der Waals surface area contributed by atoms with E-state index in [1.54, 1.807) is 18.2 Å². The maximum Gasteiger partial charge on any atom is 0.416 e. The number of alkyl halides is 3. The Bertz CT molecular complexity index is 1080. The number of cyclic esters (lactones) is 1. The van der Waals surface area contributed by atoms with Gasteiger partial charge in [-0.3, -0.25) is 9.69 Å². The number of hydrogen-bond acceptors (Lipinski definition) is 5. The molecule has 0 saturated carbocycles. The number of carbonyl (C=O) groups is 2. The average Bonchev–Trinajstić information content (AvgIpc) is 3.13. The van der Waals surface area contributed by atoms with Crippen molar-refractivity contribution < 1.29 is 37.0 Å². The number of esters is 1. The van der Waals surface area contributed by atoms with Crippen molar-refractivity contribution in [3.05, 3.63) is 64.9 Å². The third-order valence-electron chi connectivity index (χ3n) is 5.38. The maximum atomic E-state index is 13.1. The zero-order valence-electron chi connectivity index (χ0n) is 16.7. The fourth-order valence-electron chi connectivity index (χ4n) is 3.93. The zero-order valence-corrected chi connectivity index (χ0v) is 16.7. The van der Waals surface area contributed by atoms with E-state index in [0.29, 0.717) is 22.8 Å². The van der Waals surface area contributed by atoms with Crippen LogP contribution in [0.1, 0.15) is 23.5 Å². The summed E-state index contributed by atoms with van der Waals surface area (Å²) in [5, 5.41) is 0. The number of methoxy groups -OCH3 is 2. The number of amides is 1. The van der Waals surface area contributed by atoms with Crippen LogP contribution in [0.4, 0.5) is 18.9 Å². The van der Waals surface area contributed by atoms with Crippen LogP contribution in [0.15, 0.2) is 53.7 Å². The normalized spacial score (nSPS) is 18.7. The Morgan fingerprint density at radius 1 is 1.03 bits per heavy atom. The highest BCUT2D eigenvalue weighted by Crippen LogP contribution is 2.45. The molecule has 0 fully saturated rings. The number of benzene rings is 2. The number of nitrogens with zero attached hydrogens (tertiary/aromatic N) is 1. The Labute approximate surface area is 175 Å². The lowest BCUT2D eigenvalue weighted by molar-refractivity contribution is -0.138. The van der Waals surface area contributed by atoms with Crippen molar-refractivity contribution in [3.63, 3.8) is 0 Å². The van der Waals surface area contributed by atoms with Gasteiger partial charge >= 0.3 is 12.1 Å². The second-order valence-corrected chi connectivity index (χ2v) is 7.07. The molecule has 0 bridgehead atoms. The first-order chi connectivity index (χ1) is 14.7. The van der Waals surface area contributed by atoms with Gasteiger partial charge in [0.2, 0.25) is 5.91 Å². The van der Waals surface area contributed by atoms with Gasteiger partial charge in [-0.25, -0.2) is 4.79 Å². The molecule has 0 aliphatic carbocycles. The number of ether oxygens (including phenoxy) is 3. The van der Waals surface area contributed by atoms with Crippen LogP contribution in [-0.2, 0) is 20.5 Å². The van der Waals surface area contributed by atoms with Crippen LogP contribution in [0.3, 0.4) is 0 Å². The standard InChI is InChI=1S/C22H18F3NO5/c1-29-14-7-8-18(30-2)15(9-14)16-10-19(27)26(17-11-31-21(28)20(16)17)13-5-3-12(4-6-13)22(23,24)25/h3-9,16H,10-11H2,1-2H3/t16-/m1/s1. The van der Waals surface area contributed by atoms with Crippen LogP contribution in [0, 0.1) is 0 Å². The van der Waals surface area contributed by atoms with Crippen molar-refractivity contribution in [2.75, 3.05) is 25.7 Å². The lowest BCUT2D eigenvalue weighted by atomic mass is 9.83. The van der Waals surface area contributed by atoms with Crippen molar-refractivity contribution in [2.45, 2.75) is 18.5 Å². The van der Waals surface area contributed by atoms with Crippen molar-refractivity contribution in [1.82, 2.24) is 0 Å². The Hall–Kier alpha value is -3.49. The zero-order chi connectivity index (χ0) is 22.3. The van der Waals surface area contributed by atoms with Gasteiger partial charge in [0.25, 0.3) is 0 Å². The third kappa shape index (κ3) is 3.60. The summed E-state index contributed by atoms with van der Waals surface area (Å²) in [7, 11) is 2.98. The summed E-state index contributed by atoms with van der Waals surface area (Å²) >= 11 is 0. The third-order valence-corrected chi connectivity index (χ3v) is 5.38. The van der Waals surface area contributed by atoms with E-state index < -0.39 is 23.6 Å². The molecule has 0 aromatic heterocycles. The molecule has 0 unspecified atom stereocenters. The van der Waals surface area contributed by atoms with E-state index >= 15 is 0 Å². The van der Waals surface area contributed by atoms with Gasteiger partial charge in [0.05, 0.1) is 31.1 Å². The first-order valence-electron chi connectivity index (χ1n) is 9.37. The van der Waals surface area contributed by atoms with E-state index in [1.807, 2.05) is 0 Å². The summed E-state index contributed by atoms with van der Waals surface area (Å²) in [5.41, 5.74) is 0.600. The van der Waals surface area contributed by atoms with Gasteiger partial charge in [-0.05, 0) is 42.5 Å². The lowest BCUT2D eigenvalue weighted by Gasteiger charge is -2.32. The van der Waals surface area contributed by atoms with E-state index in [-0.39, 0.29) is 30.2 Å². The van der Waals surface area contributed by atoms with E-state index in [2.05, 4.69) is 0 Å². The summed E-state index contributed by atoms with van der Waals surface area (Å²) in [4.78, 5) is 26.9. The Kier molecular flexibility index (Phi) is 5.12. The summed E-state index contributed by atoms with van der Waals surface area (Å²) in [6.07, 6.45) is -4.58. The van der Waals surface area contributed by atoms with Crippen LogP contribution in [0.5, 0.6) is 11.5 Å². The average molecular weight is 433 g/mol. The van der Waals surface area contributed by atoms with Crippen molar-refractivity contribution in [2.24, 2.45) is 0 Å². The smallest absolute Gasteiger partial charge is 0.416 e. The van der Waals surface area contributed by atoms with Gasteiger partial charge in [-0.2, -0.15) is 13.2 Å². The predicted molar refractivity (Wildman–Crippen MR) is 104 cm³/mol. The molecule has 0 radical (unpaired) electrons. The summed E-state index contributed by atoms with van der Waals surface area (Å²) < 4.78 is 54.6. The fourth-order valence-corrected chi connectivity index (χ4v) is 3.93. The lowest BCUT2D eigenvalue weighted by Crippen LogP contribution is -2.37. The molecule has 0 saturated heterocycles. The molecule has 6 nitrogen and oxygen atoms in total. The Morgan fingerprint density at radius 2 is 1.74 bits per heavy atom. The first kappa shape index (κ1) is 20.8. The minimum absolute atomic E-state index is 0.0848. The molecule has 162 valence electrons. The topological polar surface area (TPSA) is 65.1 Å². The molecule has 4 rings (SSSR count). The van der Waals surface area contributed by atoms with E-state index in [1.165, 1.54) is 31.3 Å². The van der Waals surface area contributed by atoms with Gasteiger partial charge in [0.15, 0.2) is 0 Å². The molecule has 2 heterocycles. The summed E-state index contributed by atoms with van der Waals surface area (Å²) in [6.45, 7) is -0.149. The van der Waals surface area contributed by atoms with Gasteiger partial charge in [0.1, 0.15) is 18.1 Å². The van der Waals surface area contributed by atoms with E-state index in [4.69, 9.17) is 14.2 Å². The molecular weight excluding hydrogens is 415 g/mol. The number of anilines is 1. The van der Waals surface area contributed by atoms with Crippen LogP contribution in [0.25, 0.3) is 0 Å². The minimum Gasteiger partial charge on any atom is -0.497 e. The molecular formula is C22H18F3NO5. The van der Waals surface area contributed by atoms with Gasteiger partial charge < -0.3 is 14.2 Å². The maximum absolute atomic E-state index is 13.1. The highest BCUT2D eigenvalue weighted by Gasteiger charge is 2.44. The molecule has 0 spiro atoms. The number of rotatable bonds is 4. The largest absolute Gasteiger partial charge is 0.497 e. The number of halogens is 3. The molecule has 1 atom stereocenters. The molecule has 2 aromatic carbocycles. The van der Waals surface area contributed by atoms with Crippen LogP contribution in [0.2, 0.25) is 0 Å². The summed E-state index contributed by atoms with van der Waals surface area (Å²) in [5.74, 6) is -0.565. The monoisotopic (exact) mass is 433 g/mol. The van der Waals surface area contributed by atoms with E-state index in [0.717, 1.165) is 12.1 Å². The minimum atomic E-state index is -4.49. The highest BCUT2D eigenvalue weighted by atomic mass is 19.4. The van der Waals surface area contributed by atoms with Gasteiger partial charge in [-0.1, -0.05) is 0 Å². The fraction of sp³-hybridized carbons (Fsp3) is 0.273. The molecule has 31 heavy (non-hydrogen) atoms. The van der Waals surface area contributed by atoms with Gasteiger partial charge in [-0.15, -0.1) is 0 Å². The van der Waals surface area contributed by atoms with E-state index in [9.17, 15) is 22.8 Å². The van der Waals surface area contributed by atoms with Gasteiger partial charge in [0, 0.05) is 23.6 Å². The SMILES string of the molecule is COc1ccc(OC)c([C@H]2CC(=O)N(c3ccc(C(F)(F)F)cc3)C3=C2C(=O)OC3)c1. The van der Waals surface area contributed by atoms with Crippen molar-refractivity contribution in [1.29, 1.82) is 0 Å². The molecule has 2 aliphatic heterocycles. The molecule has 2 aromatic rings. The second-order valence-electron chi connectivity index (χ2n) is 7.07. The van der Waals surface area contributed by atoms with Crippen LogP contribution >= 0.6 is 0 Å². The number of hydrogen-bond donors (Lipinski definition) is 0. The second kappa shape index (κ2) is 7.64. The molecule has 1 amide bonds. The molecule has 9 heteroatoms. The van der Waals surface area contributed by atoms with Crippen LogP contribution < -0.4 is 14.4 Å². The first-order valence-corrected chi connectivity index (χ1v) is 9.37. The molecule has 0 N–H and O–H groups in total. The molecule has 2 aliphatic rings. The van der Waals surface area contributed by atoms with Crippen LogP contribution in [-0.4, -0.2) is 32.7 Å². The Balaban J connectivity index is 1.80. The van der Waals surface area contributed by atoms with Crippen molar-refractivity contribution in [3.8, 4) is 11.5 Å². The number of carbonyl (C=O) groups excluding carboxylic acids is 2. The Morgan fingerprint density at radius 3 is 2.35 bits per heavy atom. The summed E-state index contributed by atoms with van der Waals surface area (Å²) in [6, 6.07) is 9.29.